The summed E-state index contributed by atoms with van der Waals surface area (Å²) >= 11 is 3.39. The third kappa shape index (κ3) is 3.70. The smallest absolute Gasteiger partial charge is 0.129 e. The summed E-state index contributed by atoms with van der Waals surface area (Å²) in [6.07, 6.45) is 0. The van der Waals surface area contributed by atoms with E-state index >= 15 is 0 Å². The normalized spacial score (nSPS) is 10.7. The molecular weight excluding hydrogens is 282 g/mol. The van der Waals surface area contributed by atoms with Crippen molar-refractivity contribution in [3.05, 3.63) is 58.0 Å². The molecule has 0 spiro atoms. The first-order chi connectivity index (χ1) is 8.28. The second kappa shape index (κ2) is 6.00. The van der Waals surface area contributed by atoms with Crippen LogP contribution in [0.2, 0.25) is 0 Å². The van der Waals surface area contributed by atoms with Crippen LogP contribution in [-0.2, 0) is 24.5 Å². The maximum Gasteiger partial charge on any atom is 0.129 e. The zero-order valence-corrected chi connectivity index (χ0v) is 10.9. The number of benzene rings is 1. The molecule has 0 bridgehead atoms. The van der Waals surface area contributed by atoms with Crippen LogP contribution in [0.3, 0.4) is 0 Å². The van der Waals surface area contributed by atoms with Gasteiger partial charge in [-0.05, 0) is 29.8 Å². The van der Waals surface area contributed by atoms with Crippen molar-refractivity contribution in [2.75, 3.05) is 0 Å². The maximum absolute atomic E-state index is 5.55. The molecule has 2 N–H and O–H groups in total. The highest BCUT2D eigenvalue weighted by molar-refractivity contribution is 9.10. The Labute approximate surface area is 109 Å². The molecule has 1 aromatic heterocycles. The lowest BCUT2D eigenvalue weighted by Crippen LogP contribution is -1.94. The second-order valence-corrected chi connectivity index (χ2v) is 4.61. The molecule has 0 fully saturated rings. The molecule has 2 aromatic rings. The van der Waals surface area contributed by atoms with Crippen molar-refractivity contribution in [1.82, 2.24) is 0 Å². The summed E-state index contributed by atoms with van der Waals surface area (Å²) < 4.78 is 12.1. The first kappa shape index (κ1) is 12.4. The maximum atomic E-state index is 5.55. The molecule has 2 rings (SSSR count). The first-order valence-electron chi connectivity index (χ1n) is 5.38. The fourth-order valence-corrected chi connectivity index (χ4v) is 1.72. The van der Waals surface area contributed by atoms with Crippen LogP contribution in [0.25, 0.3) is 0 Å². The molecule has 0 amide bonds. The van der Waals surface area contributed by atoms with Crippen molar-refractivity contribution in [1.29, 1.82) is 0 Å². The van der Waals surface area contributed by atoms with E-state index in [1.165, 1.54) is 0 Å². The van der Waals surface area contributed by atoms with Crippen molar-refractivity contribution in [3.8, 4) is 0 Å². The molecule has 0 aliphatic carbocycles. The van der Waals surface area contributed by atoms with Crippen LogP contribution >= 0.6 is 15.9 Å². The lowest BCUT2D eigenvalue weighted by atomic mass is 10.2. The van der Waals surface area contributed by atoms with E-state index in [0.717, 1.165) is 21.6 Å². The van der Waals surface area contributed by atoms with Crippen molar-refractivity contribution in [2.24, 2.45) is 5.73 Å². The number of rotatable bonds is 5. The molecule has 1 heterocycles. The standard InChI is InChI=1S/C13H14BrNO2/c14-11-3-1-10(2-4-11)8-16-9-13-6-5-12(7-15)17-13/h1-6H,7-9,15H2. The van der Waals surface area contributed by atoms with Crippen LogP contribution in [0, 0.1) is 0 Å². The minimum absolute atomic E-state index is 0.423. The van der Waals surface area contributed by atoms with Crippen molar-refractivity contribution in [2.45, 2.75) is 19.8 Å². The van der Waals surface area contributed by atoms with Crippen molar-refractivity contribution in [3.63, 3.8) is 0 Å². The molecule has 0 aliphatic rings. The Hall–Kier alpha value is -1.10. The van der Waals surface area contributed by atoms with Gasteiger partial charge in [0.15, 0.2) is 0 Å². The highest BCUT2D eigenvalue weighted by Crippen LogP contribution is 2.13. The monoisotopic (exact) mass is 295 g/mol. The molecule has 0 atom stereocenters. The van der Waals surface area contributed by atoms with E-state index in [2.05, 4.69) is 15.9 Å². The van der Waals surface area contributed by atoms with Crippen molar-refractivity contribution < 1.29 is 9.15 Å². The van der Waals surface area contributed by atoms with E-state index in [4.69, 9.17) is 14.9 Å². The van der Waals surface area contributed by atoms with E-state index in [9.17, 15) is 0 Å². The fraction of sp³-hybridized carbons (Fsp3) is 0.231. The molecular formula is C13H14BrNO2. The zero-order chi connectivity index (χ0) is 12.1. The molecule has 1 aromatic carbocycles. The van der Waals surface area contributed by atoms with E-state index in [-0.39, 0.29) is 0 Å². The van der Waals surface area contributed by atoms with E-state index in [1.54, 1.807) is 0 Å². The minimum atomic E-state index is 0.423. The highest BCUT2D eigenvalue weighted by atomic mass is 79.9. The summed E-state index contributed by atoms with van der Waals surface area (Å²) in [6, 6.07) is 11.8. The molecule has 0 radical (unpaired) electrons. The zero-order valence-electron chi connectivity index (χ0n) is 9.36. The molecule has 0 aliphatic heterocycles. The van der Waals surface area contributed by atoms with E-state index < -0.39 is 0 Å². The second-order valence-electron chi connectivity index (χ2n) is 3.69. The molecule has 17 heavy (non-hydrogen) atoms. The van der Waals surface area contributed by atoms with Gasteiger partial charge in [-0.15, -0.1) is 0 Å². The SMILES string of the molecule is NCc1ccc(COCc2ccc(Br)cc2)o1. The molecule has 4 heteroatoms. The van der Waals surface area contributed by atoms with Gasteiger partial charge in [-0.3, -0.25) is 0 Å². The number of nitrogens with two attached hydrogens (primary N) is 1. The minimum Gasteiger partial charge on any atom is -0.462 e. The largest absolute Gasteiger partial charge is 0.462 e. The van der Waals surface area contributed by atoms with Gasteiger partial charge in [0.2, 0.25) is 0 Å². The van der Waals surface area contributed by atoms with Crippen LogP contribution in [-0.4, -0.2) is 0 Å². The summed E-state index contributed by atoms with van der Waals surface area (Å²) in [7, 11) is 0. The van der Waals surface area contributed by atoms with Crippen LogP contribution in [0.1, 0.15) is 17.1 Å². The van der Waals surface area contributed by atoms with Crippen LogP contribution in [0.5, 0.6) is 0 Å². The third-order valence-corrected chi connectivity index (χ3v) is 2.87. The topological polar surface area (TPSA) is 48.4 Å². The molecule has 0 saturated heterocycles. The Morgan fingerprint density at radius 2 is 1.71 bits per heavy atom. The number of hydrogen-bond acceptors (Lipinski definition) is 3. The van der Waals surface area contributed by atoms with Gasteiger partial charge in [-0.2, -0.15) is 0 Å². The summed E-state index contributed by atoms with van der Waals surface area (Å²) in [6.45, 7) is 1.47. The molecule has 0 saturated carbocycles. The summed E-state index contributed by atoms with van der Waals surface area (Å²) in [4.78, 5) is 0. The van der Waals surface area contributed by atoms with Gasteiger partial charge in [0.05, 0.1) is 13.2 Å². The quantitative estimate of drug-likeness (QED) is 0.921. The Morgan fingerprint density at radius 1 is 1.00 bits per heavy atom. The Bertz CT molecular complexity index is 465. The number of halogens is 1. The lowest BCUT2D eigenvalue weighted by Gasteiger charge is -2.02. The van der Waals surface area contributed by atoms with Gasteiger partial charge >= 0.3 is 0 Å². The van der Waals surface area contributed by atoms with Crippen LogP contribution in [0.15, 0.2) is 45.3 Å². The van der Waals surface area contributed by atoms with Crippen LogP contribution in [0.4, 0.5) is 0 Å². The molecule has 0 unspecified atom stereocenters. The number of hydrogen-bond donors (Lipinski definition) is 1. The molecule has 3 nitrogen and oxygen atoms in total. The van der Waals surface area contributed by atoms with Crippen molar-refractivity contribution >= 4 is 15.9 Å². The number of furan rings is 1. The predicted octanol–water partition coefficient (Wildman–Crippen LogP) is 3.22. The average molecular weight is 296 g/mol. The van der Waals surface area contributed by atoms with E-state index in [1.807, 2.05) is 36.4 Å². The summed E-state index contributed by atoms with van der Waals surface area (Å²) in [5, 5.41) is 0. The highest BCUT2D eigenvalue weighted by Gasteiger charge is 2.01. The Kier molecular flexibility index (Phi) is 4.36. The average Bonchev–Trinajstić information content (AvgIpc) is 2.80. The van der Waals surface area contributed by atoms with Gasteiger partial charge < -0.3 is 14.9 Å². The van der Waals surface area contributed by atoms with Gasteiger partial charge in [-0.1, -0.05) is 28.1 Å². The summed E-state index contributed by atoms with van der Waals surface area (Å²) in [5.74, 6) is 1.59. The number of ether oxygens (including phenoxy) is 1. The Balaban J connectivity index is 1.81. The van der Waals surface area contributed by atoms with Gasteiger partial charge in [0, 0.05) is 4.47 Å². The van der Waals surface area contributed by atoms with Gasteiger partial charge in [-0.25, -0.2) is 0 Å². The Morgan fingerprint density at radius 3 is 2.35 bits per heavy atom. The van der Waals surface area contributed by atoms with Crippen LogP contribution < -0.4 is 5.73 Å². The molecule has 90 valence electrons. The lowest BCUT2D eigenvalue weighted by molar-refractivity contribution is 0.0921. The van der Waals surface area contributed by atoms with Gasteiger partial charge in [0.1, 0.15) is 18.1 Å². The summed E-state index contributed by atoms with van der Waals surface area (Å²) in [5.41, 5.74) is 6.60. The van der Waals surface area contributed by atoms with Gasteiger partial charge in [0.25, 0.3) is 0 Å². The van der Waals surface area contributed by atoms with E-state index in [0.29, 0.717) is 19.8 Å². The fourth-order valence-electron chi connectivity index (χ4n) is 1.46. The third-order valence-electron chi connectivity index (χ3n) is 2.34. The predicted molar refractivity (Wildman–Crippen MR) is 69.2 cm³/mol. The first-order valence-corrected chi connectivity index (χ1v) is 6.17.